The summed E-state index contributed by atoms with van der Waals surface area (Å²) in [5.41, 5.74) is 0.576. The summed E-state index contributed by atoms with van der Waals surface area (Å²) in [5, 5.41) is 10.3. The maximum absolute atomic E-state index is 12.7. The number of sulfonamides is 1. The van der Waals surface area contributed by atoms with E-state index in [2.05, 4.69) is 0 Å². The van der Waals surface area contributed by atoms with Crippen LogP contribution in [0.15, 0.2) is 59.5 Å². The van der Waals surface area contributed by atoms with Crippen LogP contribution in [0.3, 0.4) is 0 Å². The monoisotopic (exact) mass is 334 g/mol. The molecule has 0 bridgehead atoms. The van der Waals surface area contributed by atoms with Crippen LogP contribution < -0.4 is 14.1 Å². The van der Waals surface area contributed by atoms with Gasteiger partial charge in [-0.1, -0.05) is 18.2 Å². The van der Waals surface area contributed by atoms with Crippen molar-refractivity contribution in [2.45, 2.75) is 11.8 Å². The van der Waals surface area contributed by atoms with E-state index in [9.17, 15) is 18.3 Å². The number of aliphatic carboxylic acids is 1. The van der Waals surface area contributed by atoms with Crippen LogP contribution >= 0.6 is 0 Å². The number of rotatable bonds is 7. The van der Waals surface area contributed by atoms with Gasteiger partial charge in [0.1, 0.15) is 12.4 Å². The standard InChI is InChI=1S/C16H17NO5S/c1-2-17(13-6-4-3-5-7-13)23(20,21)15-10-8-14(9-11-15)22-12-16(18)19/h3-11H,2,12H2,1H3,(H,18,19)/p-1. The minimum Gasteiger partial charge on any atom is -0.546 e. The van der Waals surface area contributed by atoms with E-state index in [4.69, 9.17) is 4.74 Å². The van der Waals surface area contributed by atoms with Crippen LogP contribution in [0.5, 0.6) is 5.75 Å². The van der Waals surface area contributed by atoms with Crippen LogP contribution in [0.1, 0.15) is 6.92 Å². The molecule has 2 rings (SSSR count). The third-order valence-electron chi connectivity index (χ3n) is 3.10. The summed E-state index contributed by atoms with van der Waals surface area (Å²) in [5.74, 6) is -1.08. The molecule has 122 valence electrons. The van der Waals surface area contributed by atoms with E-state index in [1.807, 2.05) is 6.07 Å². The second-order valence-corrected chi connectivity index (χ2v) is 6.50. The zero-order valence-electron chi connectivity index (χ0n) is 12.5. The second-order valence-electron chi connectivity index (χ2n) is 4.64. The lowest BCUT2D eigenvalue weighted by molar-refractivity contribution is -0.307. The smallest absolute Gasteiger partial charge is 0.264 e. The molecular formula is C16H16NO5S-. The zero-order chi connectivity index (χ0) is 16.9. The van der Waals surface area contributed by atoms with Crippen LogP contribution in [0.25, 0.3) is 0 Å². The third kappa shape index (κ3) is 4.01. The Balaban J connectivity index is 2.26. The highest BCUT2D eigenvalue weighted by Gasteiger charge is 2.23. The summed E-state index contributed by atoms with van der Waals surface area (Å²) in [7, 11) is -3.70. The quantitative estimate of drug-likeness (QED) is 0.755. The summed E-state index contributed by atoms with van der Waals surface area (Å²) in [6.45, 7) is 1.45. The minimum absolute atomic E-state index is 0.101. The van der Waals surface area contributed by atoms with Gasteiger partial charge in [-0.2, -0.15) is 0 Å². The second kappa shape index (κ2) is 7.15. The molecule has 0 aliphatic carbocycles. The predicted octanol–water partition coefficient (Wildman–Crippen LogP) is 1.03. The molecule has 2 aromatic rings. The summed E-state index contributed by atoms with van der Waals surface area (Å²) in [4.78, 5) is 10.4. The molecule has 0 saturated heterocycles. The molecule has 6 nitrogen and oxygen atoms in total. The average Bonchev–Trinajstić information content (AvgIpc) is 2.55. The fraction of sp³-hybridized carbons (Fsp3) is 0.188. The number of carbonyl (C=O) groups is 1. The van der Waals surface area contributed by atoms with Crippen LogP contribution in [-0.2, 0) is 14.8 Å². The number of carbonyl (C=O) groups excluding carboxylic acids is 1. The van der Waals surface area contributed by atoms with Gasteiger partial charge in [0.2, 0.25) is 0 Å². The molecule has 0 fully saturated rings. The zero-order valence-corrected chi connectivity index (χ0v) is 13.3. The first-order valence-corrected chi connectivity index (χ1v) is 8.39. The van der Waals surface area contributed by atoms with E-state index in [1.165, 1.54) is 28.6 Å². The maximum atomic E-state index is 12.7. The molecule has 0 atom stereocenters. The van der Waals surface area contributed by atoms with Crippen LogP contribution in [0.4, 0.5) is 5.69 Å². The van der Waals surface area contributed by atoms with Crippen LogP contribution in [0, 0.1) is 0 Å². The predicted molar refractivity (Wildman–Crippen MR) is 83.6 cm³/mol. The van der Waals surface area contributed by atoms with Crippen LogP contribution in [0.2, 0.25) is 0 Å². The normalized spacial score (nSPS) is 11.0. The minimum atomic E-state index is -3.70. The summed E-state index contributed by atoms with van der Waals surface area (Å²) in [6, 6.07) is 14.4. The van der Waals surface area contributed by atoms with Crippen molar-refractivity contribution in [3.05, 3.63) is 54.6 Å². The van der Waals surface area contributed by atoms with Crippen molar-refractivity contribution in [2.75, 3.05) is 17.5 Å². The van der Waals surface area contributed by atoms with Crippen molar-refractivity contribution in [1.82, 2.24) is 0 Å². The molecule has 0 spiro atoms. The van der Waals surface area contributed by atoms with E-state index in [1.54, 1.807) is 31.2 Å². The number of ether oxygens (including phenoxy) is 1. The lowest BCUT2D eigenvalue weighted by atomic mass is 10.3. The fourth-order valence-electron chi connectivity index (χ4n) is 2.06. The molecule has 23 heavy (non-hydrogen) atoms. The van der Waals surface area contributed by atoms with Gasteiger partial charge in [0, 0.05) is 6.54 Å². The van der Waals surface area contributed by atoms with Gasteiger partial charge in [-0.15, -0.1) is 0 Å². The Bertz CT molecular complexity index is 757. The summed E-state index contributed by atoms with van der Waals surface area (Å²) < 4.78 is 31.7. The molecule has 0 saturated carbocycles. The number of nitrogens with zero attached hydrogens (tertiary/aromatic N) is 1. The van der Waals surface area contributed by atoms with E-state index in [-0.39, 0.29) is 17.2 Å². The number of anilines is 1. The van der Waals surface area contributed by atoms with Crippen molar-refractivity contribution < 1.29 is 23.1 Å². The lowest BCUT2D eigenvalue weighted by Crippen LogP contribution is -2.30. The Morgan fingerprint density at radius 3 is 2.22 bits per heavy atom. The van der Waals surface area contributed by atoms with E-state index in [0.717, 1.165) is 0 Å². The van der Waals surface area contributed by atoms with Crippen molar-refractivity contribution in [1.29, 1.82) is 0 Å². The number of para-hydroxylation sites is 1. The largest absolute Gasteiger partial charge is 0.546 e. The molecule has 0 N–H and O–H groups in total. The molecule has 0 aliphatic rings. The molecular weight excluding hydrogens is 318 g/mol. The van der Waals surface area contributed by atoms with Gasteiger partial charge >= 0.3 is 0 Å². The Labute approximate surface area is 135 Å². The molecule has 0 amide bonds. The number of hydrogen-bond acceptors (Lipinski definition) is 5. The average molecular weight is 334 g/mol. The van der Waals surface area contributed by atoms with Gasteiger partial charge in [-0.3, -0.25) is 4.31 Å². The summed E-state index contributed by atoms with van der Waals surface area (Å²) >= 11 is 0. The highest BCUT2D eigenvalue weighted by molar-refractivity contribution is 7.92. The molecule has 0 radical (unpaired) electrons. The van der Waals surface area contributed by atoms with Gasteiger partial charge in [0.15, 0.2) is 0 Å². The SMILES string of the molecule is CCN(c1ccccc1)S(=O)(=O)c1ccc(OCC(=O)[O-])cc1. The van der Waals surface area contributed by atoms with Gasteiger partial charge < -0.3 is 14.6 Å². The molecule has 2 aromatic carbocycles. The van der Waals surface area contributed by atoms with Crippen molar-refractivity contribution in [3.8, 4) is 5.75 Å². The Kier molecular flexibility index (Phi) is 5.23. The third-order valence-corrected chi connectivity index (χ3v) is 5.02. The van der Waals surface area contributed by atoms with Crippen LogP contribution in [-0.4, -0.2) is 27.5 Å². The van der Waals surface area contributed by atoms with E-state index in [0.29, 0.717) is 5.69 Å². The van der Waals surface area contributed by atoms with E-state index < -0.39 is 22.6 Å². The van der Waals surface area contributed by atoms with Gasteiger partial charge in [-0.25, -0.2) is 8.42 Å². The lowest BCUT2D eigenvalue weighted by Gasteiger charge is -2.23. The molecule has 0 aliphatic heterocycles. The first kappa shape index (κ1) is 16.8. The fourth-order valence-corrected chi connectivity index (χ4v) is 3.54. The number of carboxylic acids is 1. The molecule has 0 unspecified atom stereocenters. The Hall–Kier alpha value is -2.54. The van der Waals surface area contributed by atoms with Crippen molar-refractivity contribution in [3.63, 3.8) is 0 Å². The first-order chi connectivity index (χ1) is 10.9. The number of hydrogen-bond donors (Lipinski definition) is 0. The molecule has 0 heterocycles. The van der Waals surface area contributed by atoms with Gasteiger partial charge in [-0.05, 0) is 43.3 Å². The topological polar surface area (TPSA) is 86.7 Å². The van der Waals surface area contributed by atoms with Crippen molar-refractivity contribution in [2.24, 2.45) is 0 Å². The maximum Gasteiger partial charge on any atom is 0.264 e. The highest BCUT2D eigenvalue weighted by Crippen LogP contribution is 2.24. The molecule has 7 heteroatoms. The van der Waals surface area contributed by atoms with Crippen molar-refractivity contribution >= 4 is 21.7 Å². The highest BCUT2D eigenvalue weighted by atomic mass is 32.2. The molecule has 0 aromatic heterocycles. The Morgan fingerprint density at radius 1 is 1.09 bits per heavy atom. The first-order valence-electron chi connectivity index (χ1n) is 6.95. The number of carboxylic acid groups (broad SMARTS) is 1. The number of benzene rings is 2. The summed E-state index contributed by atoms with van der Waals surface area (Å²) in [6.07, 6.45) is 0. The van der Waals surface area contributed by atoms with E-state index >= 15 is 0 Å². The van der Waals surface area contributed by atoms with Gasteiger partial charge in [0.05, 0.1) is 16.6 Å². The van der Waals surface area contributed by atoms with Gasteiger partial charge in [0.25, 0.3) is 10.0 Å². The Morgan fingerprint density at radius 2 is 1.70 bits per heavy atom.